The maximum atomic E-state index is 12.0. The van der Waals surface area contributed by atoms with Gasteiger partial charge in [0.15, 0.2) is 0 Å². The summed E-state index contributed by atoms with van der Waals surface area (Å²) in [6, 6.07) is 14.8. The van der Waals surface area contributed by atoms with Gasteiger partial charge in [-0.1, -0.05) is 38.1 Å². The molecule has 0 aromatic heterocycles. The van der Waals surface area contributed by atoms with Crippen LogP contribution in [0.15, 0.2) is 48.5 Å². The lowest BCUT2D eigenvalue weighted by molar-refractivity contribution is -0.121. The first-order valence-corrected chi connectivity index (χ1v) is 8.49. The van der Waals surface area contributed by atoms with E-state index >= 15 is 0 Å². The van der Waals surface area contributed by atoms with E-state index in [1.807, 2.05) is 50.2 Å². The van der Waals surface area contributed by atoms with Gasteiger partial charge >= 0.3 is 0 Å². The molecular weight excluding hydrogens is 314 g/mol. The molecular formula is C20H25N3O2. The molecule has 0 saturated heterocycles. The lowest BCUT2D eigenvalue weighted by Crippen LogP contribution is -2.24. The van der Waals surface area contributed by atoms with Gasteiger partial charge in [-0.3, -0.25) is 9.59 Å². The highest BCUT2D eigenvalue weighted by molar-refractivity contribution is 5.92. The Morgan fingerprint density at radius 1 is 1.08 bits per heavy atom. The Bertz CT molecular complexity index is 726. The molecule has 1 unspecified atom stereocenters. The summed E-state index contributed by atoms with van der Waals surface area (Å²) in [5.74, 6) is -0.0749. The predicted octanol–water partition coefficient (Wildman–Crippen LogP) is 3.11. The third-order valence-corrected chi connectivity index (χ3v) is 4.09. The summed E-state index contributed by atoms with van der Waals surface area (Å²) in [5.41, 5.74) is 8.92. The lowest BCUT2D eigenvalue weighted by Gasteiger charge is -2.11. The van der Waals surface area contributed by atoms with Gasteiger partial charge in [0.1, 0.15) is 0 Å². The fraction of sp³-hybridized carbons (Fsp3) is 0.300. The first-order valence-electron chi connectivity index (χ1n) is 8.49. The van der Waals surface area contributed by atoms with Crippen molar-refractivity contribution in [2.45, 2.75) is 33.2 Å². The standard InChI is InChI=1S/C20H25N3O2/c1-3-14(2)20(25)23-18-6-4-5-16(11-18)13-22-19(24)12-15-7-9-17(21)10-8-15/h4-11,14H,3,12-13,21H2,1-2H3,(H,22,24)(H,23,25). The van der Waals surface area contributed by atoms with Crippen LogP contribution in [-0.2, 0) is 22.6 Å². The highest BCUT2D eigenvalue weighted by Gasteiger charge is 2.10. The van der Waals surface area contributed by atoms with Gasteiger partial charge in [-0.15, -0.1) is 0 Å². The van der Waals surface area contributed by atoms with E-state index in [-0.39, 0.29) is 17.7 Å². The number of hydrogen-bond acceptors (Lipinski definition) is 3. The number of nitrogen functional groups attached to an aromatic ring is 1. The zero-order chi connectivity index (χ0) is 18.2. The lowest BCUT2D eigenvalue weighted by atomic mass is 10.1. The molecule has 0 fully saturated rings. The average Bonchev–Trinajstić information content (AvgIpc) is 2.61. The monoisotopic (exact) mass is 339 g/mol. The second kappa shape index (κ2) is 8.87. The second-order valence-corrected chi connectivity index (χ2v) is 6.19. The van der Waals surface area contributed by atoms with Gasteiger partial charge in [0, 0.05) is 23.8 Å². The van der Waals surface area contributed by atoms with Crippen molar-refractivity contribution in [3.8, 4) is 0 Å². The highest BCUT2D eigenvalue weighted by atomic mass is 16.2. The summed E-state index contributed by atoms with van der Waals surface area (Å²) in [7, 11) is 0. The minimum Gasteiger partial charge on any atom is -0.399 e. The first-order chi connectivity index (χ1) is 12.0. The normalized spacial score (nSPS) is 11.6. The Balaban J connectivity index is 1.88. The van der Waals surface area contributed by atoms with Crippen LogP contribution in [-0.4, -0.2) is 11.8 Å². The molecule has 0 saturated carbocycles. The zero-order valence-electron chi connectivity index (χ0n) is 14.7. The van der Waals surface area contributed by atoms with Crippen LogP contribution in [0.2, 0.25) is 0 Å². The topological polar surface area (TPSA) is 84.2 Å². The number of carbonyl (C=O) groups excluding carboxylic acids is 2. The summed E-state index contributed by atoms with van der Waals surface area (Å²) in [6.07, 6.45) is 1.11. The number of amides is 2. The van der Waals surface area contributed by atoms with Crippen molar-refractivity contribution < 1.29 is 9.59 Å². The van der Waals surface area contributed by atoms with E-state index in [1.165, 1.54) is 0 Å². The highest BCUT2D eigenvalue weighted by Crippen LogP contribution is 2.13. The molecule has 0 aliphatic heterocycles. The van der Waals surface area contributed by atoms with Gasteiger partial charge in [-0.05, 0) is 41.8 Å². The molecule has 132 valence electrons. The van der Waals surface area contributed by atoms with E-state index in [2.05, 4.69) is 10.6 Å². The van der Waals surface area contributed by atoms with E-state index in [0.29, 0.717) is 18.7 Å². The van der Waals surface area contributed by atoms with Crippen molar-refractivity contribution >= 4 is 23.2 Å². The third kappa shape index (κ3) is 5.95. The summed E-state index contributed by atoms with van der Waals surface area (Å²) in [6.45, 7) is 4.30. The molecule has 2 aromatic rings. The third-order valence-electron chi connectivity index (χ3n) is 4.09. The molecule has 25 heavy (non-hydrogen) atoms. The molecule has 2 rings (SSSR count). The molecule has 1 atom stereocenters. The van der Waals surface area contributed by atoms with Gasteiger partial charge in [0.25, 0.3) is 0 Å². The summed E-state index contributed by atoms with van der Waals surface area (Å²) >= 11 is 0. The zero-order valence-corrected chi connectivity index (χ0v) is 14.7. The Kier molecular flexibility index (Phi) is 6.57. The van der Waals surface area contributed by atoms with E-state index < -0.39 is 0 Å². The average molecular weight is 339 g/mol. The molecule has 0 bridgehead atoms. The predicted molar refractivity (Wildman–Crippen MR) is 101 cm³/mol. The molecule has 2 aromatic carbocycles. The SMILES string of the molecule is CCC(C)C(=O)Nc1cccc(CNC(=O)Cc2ccc(N)cc2)c1. The molecule has 0 spiro atoms. The number of carbonyl (C=O) groups is 2. The molecule has 0 aliphatic rings. The maximum Gasteiger partial charge on any atom is 0.227 e. The Hall–Kier alpha value is -2.82. The minimum absolute atomic E-state index is 0.00652. The quantitative estimate of drug-likeness (QED) is 0.678. The van der Waals surface area contributed by atoms with Crippen molar-refractivity contribution in [2.75, 3.05) is 11.1 Å². The van der Waals surface area contributed by atoms with Crippen LogP contribution < -0.4 is 16.4 Å². The Labute approximate surface area is 148 Å². The van der Waals surface area contributed by atoms with Crippen LogP contribution in [0, 0.1) is 5.92 Å². The van der Waals surface area contributed by atoms with Gasteiger partial charge < -0.3 is 16.4 Å². The van der Waals surface area contributed by atoms with Crippen LogP contribution in [0.25, 0.3) is 0 Å². The van der Waals surface area contributed by atoms with Gasteiger partial charge in [-0.2, -0.15) is 0 Å². The van der Waals surface area contributed by atoms with Crippen LogP contribution in [0.3, 0.4) is 0 Å². The van der Waals surface area contributed by atoms with Gasteiger partial charge in [-0.25, -0.2) is 0 Å². The number of nitrogens with two attached hydrogens (primary N) is 1. The van der Waals surface area contributed by atoms with Crippen LogP contribution in [0.1, 0.15) is 31.4 Å². The van der Waals surface area contributed by atoms with Crippen molar-refractivity contribution in [1.29, 1.82) is 0 Å². The number of rotatable bonds is 7. The van der Waals surface area contributed by atoms with Crippen molar-refractivity contribution in [3.05, 3.63) is 59.7 Å². The molecule has 5 nitrogen and oxygen atoms in total. The Morgan fingerprint density at radius 2 is 1.80 bits per heavy atom. The van der Waals surface area contributed by atoms with Gasteiger partial charge in [0.2, 0.25) is 11.8 Å². The molecule has 0 aliphatic carbocycles. The van der Waals surface area contributed by atoms with E-state index in [4.69, 9.17) is 5.73 Å². The van der Waals surface area contributed by atoms with Crippen molar-refractivity contribution in [2.24, 2.45) is 5.92 Å². The summed E-state index contributed by atoms with van der Waals surface area (Å²) in [5, 5.41) is 5.80. The fourth-order valence-corrected chi connectivity index (χ4v) is 2.29. The maximum absolute atomic E-state index is 12.0. The number of benzene rings is 2. The first kappa shape index (κ1) is 18.5. The van der Waals surface area contributed by atoms with E-state index in [1.54, 1.807) is 12.1 Å². The van der Waals surface area contributed by atoms with Crippen LogP contribution >= 0.6 is 0 Å². The second-order valence-electron chi connectivity index (χ2n) is 6.19. The van der Waals surface area contributed by atoms with Crippen LogP contribution in [0.4, 0.5) is 11.4 Å². The minimum atomic E-state index is -0.0567. The fourth-order valence-electron chi connectivity index (χ4n) is 2.29. The molecule has 0 radical (unpaired) electrons. The van der Waals surface area contributed by atoms with Crippen molar-refractivity contribution in [3.63, 3.8) is 0 Å². The summed E-state index contributed by atoms with van der Waals surface area (Å²) in [4.78, 5) is 24.0. The largest absolute Gasteiger partial charge is 0.399 e. The van der Waals surface area contributed by atoms with Gasteiger partial charge in [0.05, 0.1) is 6.42 Å². The Morgan fingerprint density at radius 3 is 2.48 bits per heavy atom. The smallest absolute Gasteiger partial charge is 0.227 e. The van der Waals surface area contributed by atoms with Crippen LogP contribution in [0.5, 0.6) is 0 Å². The summed E-state index contributed by atoms with van der Waals surface area (Å²) < 4.78 is 0. The number of hydrogen-bond donors (Lipinski definition) is 3. The molecule has 2 amide bonds. The molecule has 5 heteroatoms. The molecule has 0 heterocycles. The van der Waals surface area contributed by atoms with E-state index in [0.717, 1.165) is 23.2 Å². The number of anilines is 2. The number of nitrogens with one attached hydrogen (secondary N) is 2. The van der Waals surface area contributed by atoms with Crippen molar-refractivity contribution in [1.82, 2.24) is 5.32 Å². The molecule has 4 N–H and O–H groups in total. The van der Waals surface area contributed by atoms with E-state index in [9.17, 15) is 9.59 Å².